The Bertz CT molecular complexity index is 637. The molecule has 0 aromatic heterocycles. The van der Waals surface area contributed by atoms with E-state index in [4.69, 9.17) is 5.26 Å². The van der Waals surface area contributed by atoms with Crippen LogP contribution in [0.15, 0.2) is 17.0 Å². The Balaban J connectivity index is 2.46. The zero-order valence-electron chi connectivity index (χ0n) is 11.6. The van der Waals surface area contributed by atoms with Gasteiger partial charge in [-0.1, -0.05) is 0 Å². The minimum Gasteiger partial charge on any atom is -0.207 e. The van der Waals surface area contributed by atoms with Crippen molar-refractivity contribution in [1.29, 1.82) is 5.26 Å². The molecule has 0 amide bonds. The highest BCUT2D eigenvalue weighted by atomic mass is 32.2. The Morgan fingerprint density at radius 2 is 1.90 bits per heavy atom. The zero-order chi connectivity index (χ0) is 14.9. The number of nitriles is 1. The van der Waals surface area contributed by atoms with Gasteiger partial charge in [-0.05, 0) is 49.9 Å². The van der Waals surface area contributed by atoms with Crippen LogP contribution in [0.4, 0.5) is 4.39 Å². The number of halogens is 1. The highest BCUT2D eigenvalue weighted by Crippen LogP contribution is 2.34. The summed E-state index contributed by atoms with van der Waals surface area (Å²) in [4.78, 5) is 0.170. The molecule has 1 aliphatic carbocycles. The minimum absolute atomic E-state index is 0.0165. The summed E-state index contributed by atoms with van der Waals surface area (Å²) >= 11 is 0. The van der Waals surface area contributed by atoms with E-state index >= 15 is 0 Å². The molecule has 0 bridgehead atoms. The monoisotopic (exact) mass is 296 g/mol. The van der Waals surface area contributed by atoms with Gasteiger partial charge in [0.05, 0.1) is 11.0 Å². The fourth-order valence-corrected chi connectivity index (χ4v) is 4.54. The second-order valence-corrected chi connectivity index (χ2v) is 6.95. The van der Waals surface area contributed by atoms with Crippen LogP contribution in [-0.4, -0.2) is 25.3 Å². The first kappa shape index (κ1) is 14.9. The van der Waals surface area contributed by atoms with Crippen LogP contribution >= 0.6 is 0 Å². The van der Waals surface area contributed by atoms with Gasteiger partial charge in [0.15, 0.2) is 0 Å². The van der Waals surface area contributed by atoms with E-state index in [2.05, 4.69) is 0 Å². The fraction of sp³-hybridized carbons (Fsp3) is 0.500. The van der Waals surface area contributed by atoms with Crippen molar-refractivity contribution in [3.8, 4) is 6.07 Å². The van der Waals surface area contributed by atoms with Crippen LogP contribution in [0.5, 0.6) is 0 Å². The molecule has 0 heterocycles. The van der Waals surface area contributed by atoms with Crippen molar-refractivity contribution in [2.45, 2.75) is 44.0 Å². The molecule has 0 atom stereocenters. The molecular formula is C14H17FN2O2S. The molecule has 0 saturated heterocycles. The van der Waals surface area contributed by atoms with Crippen LogP contribution in [0.2, 0.25) is 0 Å². The summed E-state index contributed by atoms with van der Waals surface area (Å²) in [6.45, 7) is 3.39. The van der Waals surface area contributed by atoms with Gasteiger partial charge in [0.25, 0.3) is 0 Å². The first-order valence-electron chi connectivity index (χ1n) is 6.53. The van der Waals surface area contributed by atoms with Gasteiger partial charge in [-0.2, -0.15) is 9.57 Å². The average Bonchev–Trinajstić information content (AvgIpc) is 3.11. The van der Waals surface area contributed by atoms with E-state index in [9.17, 15) is 12.8 Å². The van der Waals surface area contributed by atoms with Gasteiger partial charge in [-0.15, -0.1) is 0 Å². The van der Waals surface area contributed by atoms with Gasteiger partial charge in [-0.25, -0.2) is 12.8 Å². The number of nitrogens with zero attached hydrogens (tertiary/aromatic N) is 2. The van der Waals surface area contributed by atoms with E-state index in [0.29, 0.717) is 11.1 Å². The number of rotatable bonds is 5. The van der Waals surface area contributed by atoms with E-state index in [1.807, 2.05) is 6.07 Å². The largest absolute Gasteiger partial charge is 0.243 e. The summed E-state index contributed by atoms with van der Waals surface area (Å²) in [5.41, 5.74) is 0.815. The molecule has 1 aliphatic rings. The summed E-state index contributed by atoms with van der Waals surface area (Å²) in [6.07, 6.45) is 1.81. The third-order valence-electron chi connectivity index (χ3n) is 3.39. The molecule has 108 valence electrons. The quantitative estimate of drug-likeness (QED) is 0.838. The van der Waals surface area contributed by atoms with E-state index in [1.54, 1.807) is 13.8 Å². The molecule has 1 saturated carbocycles. The molecule has 1 aromatic rings. The third-order valence-corrected chi connectivity index (χ3v) is 5.65. The minimum atomic E-state index is -3.67. The van der Waals surface area contributed by atoms with Crippen LogP contribution in [0, 0.1) is 31.0 Å². The predicted molar refractivity (Wildman–Crippen MR) is 73.0 cm³/mol. The first-order valence-corrected chi connectivity index (χ1v) is 7.97. The molecule has 1 fully saturated rings. The number of hydrogen-bond donors (Lipinski definition) is 0. The standard InChI is InChI=1S/C14H17FN2O2S/c1-10-8-12(15)9-11(2)14(10)20(18,19)17(7-3-6-16)13-4-5-13/h8-9,13H,3-5,7H2,1-2H3. The maximum Gasteiger partial charge on any atom is 0.243 e. The summed E-state index contributed by atoms with van der Waals surface area (Å²) in [7, 11) is -3.67. The highest BCUT2D eigenvalue weighted by molar-refractivity contribution is 7.89. The highest BCUT2D eigenvalue weighted by Gasteiger charge is 2.38. The Morgan fingerprint density at radius 3 is 2.35 bits per heavy atom. The van der Waals surface area contributed by atoms with Gasteiger partial charge in [0.1, 0.15) is 5.82 Å². The predicted octanol–water partition coefficient (Wildman–Crippen LogP) is 2.51. The van der Waals surface area contributed by atoms with Crippen LogP contribution < -0.4 is 0 Å². The summed E-state index contributed by atoms with van der Waals surface area (Å²) in [5.74, 6) is -0.436. The summed E-state index contributed by atoms with van der Waals surface area (Å²) < 4.78 is 40.2. The Labute approximate surface area is 118 Å². The summed E-state index contributed by atoms with van der Waals surface area (Å²) in [5, 5.41) is 8.68. The molecule has 4 nitrogen and oxygen atoms in total. The van der Waals surface area contributed by atoms with Crippen LogP contribution in [0.25, 0.3) is 0 Å². The van der Waals surface area contributed by atoms with Gasteiger partial charge >= 0.3 is 0 Å². The van der Waals surface area contributed by atoms with Gasteiger partial charge in [0.2, 0.25) is 10.0 Å². The fourth-order valence-electron chi connectivity index (χ4n) is 2.44. The lowest BCUT2D eigenvalue weighted by Crippen LogP contribution is -2.34. The van der Waals surface area contributed by atoms with E-state index in [-0.39, 0.29) is 23.9 Å². The second-order valence-electron chi connectivity index (χ2n) is 5.12. The maximum atomic E-state index is 13.3. The Hall–Kier alpha value is -1.45. The second kappa shape index (κ2) is 5.51. The molecule has 2 rings (SSSR count). The zero-order valence-corrected chi connectivity index (χ0v) is 12.4. The normalized spacial score (nSPS) is 15.3. The van der Waals surface area contributed by atoms with Crippen molar-refractivity contribution < 1.29 is 12.8 Å². The maximum absolute atomic E-state index is 13.3. The summed E-state index contributed by atoms with van der Waals surface area (Å²) in [6, 6.07) is 4.42. The van der Waals surface area contributed by atoms with Gasteiger partial charge in [0, 0.05) is 19.0 Å². The third kappa shape index (κ3) is 2.84. The van der Waals surface area contributed by atoms with Crippen molar-refractivity contribution in [1.82, 2.24) is 4.31 Å². The molecule has 0 radical (unpaired) electrons. The SMILES string of the molecule is Cc1cc(F)cc(C)c1S(=O)(=O)N(CCC#N)C1CC1. The molecule has 6 heteroatoms. The molecular weight excluding hydrogens is 279 g/mol. The van der Waals surface area contributed by atoms with E-state index in [1.165, 1.54) is 16.4 Å². The number of aryl methyl sites for hydroxylation is 2. The lowest BCUT2D eigenvalue weighted by molar-refractivity contribution is 0.410. The van der Waals surface area contributed by atoms with Gasteiger partial charge in [-0.3, -0.25) is 0 Å². The van der Waals surface area contributed by atoms with Crippen molar-refractivity contribution in [2.24, 2.45) is 0 Å². The smallest absolute Gasteiger partial charge is 0.207 e. The molecule has 0 N–H and O–H groups in total. The van der Waals surface area contributed by atoms with Crippen molar-refractivity contribution in [3.63, 3.8) is 0 Å². The number of sulfonamides is 1. The van der Waals surface area contributed by atoms with Crippen molar-refractivity contribution >= 4 is 10.0 Å². The Morgan fingerprint density at radius 1 is 1.35 bits per heavy atom. The van der Waals surface area contributed by atoms with Crippen LogP contribution in [0.1, 0.15) is 30.4 Å². The molecule has 20 heavy (non-hydrogen) atoms. The lowest BCUT2D eigenvalue weighted by Gasteiger charge is -2.23. The average molecular weight is 296 g/mol. The van der Waals surface area contributed by atoms with Crippen LogP contribution in [-0.2, 0) is 10.0 Å². The van der Waals surface area contributed by atoms with Gasteiger partial charge < -0.3 is 0 Å². The van der Waals surface area contributed by atoms with Crippen molar-refractivity contribution in [3.05, 3.63) is 29.1 Å². The molecule has 1 aromatic carbocycles. The molecule has 0 aliphatic heterocycles. The van der Waals surface area contributed by atoms with E-state index < -0.39 is 15.8 Å². The van der Waals surface area contributed by atoms with Crippen LogP contribution in [0.3, 0.4) is 0 Å². The lowest BCUT2D eigenvalue weighted by atomic mass is 10.1. The molecule has 0 spiro atoms. The number of hydrogen-bond acceptors (Lipinski definition) is 3. The number of benzene rings is 1. The van der Waals surface area contributed by atoms with Crippen molar-refractivity contribution in [2.75, 3.05) is 6.54 Å². The van der Waals surface area contributed by atoms with E-state index in [0.717, 1.165) is 12.8 Å². The molecule has 0 unspecified atom stereocenters. The first-order chi connectivity index (χ1) is 9.37. The topological polar surface area (TPSA) is 61.2 Å². The Kier molecular flexibility index (Phi) is 4.11.